The van der Waals surface area contributed by atoms with Gasteiger partial charge in [-0.25, -0.2) is 14.2 Å². The Kier molecular flexibility index (Phi) is 3.34. The van der Waals surface area contributed by atoms with Crippen molar-refractivity contribution in [3.05, 3.63) is 34.9 Å². The van der Waals surface area contributed by atoms with E-state index in [4.69, 9.17) is 16.3 Å². The van der Waals surface area contributed by atoms with Crippen LogP contribution >= 0.6 is 11.6 Å². The molecule has 0 saturated carbocycles. The van der Waals surface area contributed by atoms with E-state index >= 15 is 0 Å². The van der Waals surface area contributed by atoms with Crippen LogP contribution in [0.5, 0.6) is 5.75 Å². The Hall–Kier alpha value is -1.88. The van der Waals surface area contributed by atoms with Gasteiger partial charge in [0.15, 0.2) is 11.4 Å². The quantitative estimate of drug-likeness (QED) is 0.621. The summed E-state index contributed by atoms with van der Waals surface area (Å²) < 4.78 is 22.9. The van der Waals surface area contributed by atoms with Crippen LogP contribution in [0, 0.1) is 5.82 Å². The van der Waals surface area contributed by atoms with Crippen LogP contribution in [0.15, 0.2) is 18.2 Å². The monoisotopic (exact) mass is 269 g/mol. The molecular formula is C12H9ClFNO3. The lowest BCUT2D eigenvalue weighted by Crippen LogP contribution is -2.08. The van der Waals surface area contributed by atoms with Crippen molar-refractivity contribution < 1.29 is 18.7 Å². The van der Waals surface area contributed by atoms with E-state index < -0.39 is 11.8 Å². The standard InChI is InChI=1S/C12H9ClFNO3/c1-17-10-7-4-3-6(14)5-8(7)11(13)15-9(10)12(16)18-2/h3-5H,1-2H3. The Balaban J connectivity index is 2.83. The molecule has 0 aliphatic rings. The number of fused-ring (bicyclic) bond motifs is 1. The molecule has 6 heteroatoms. The van der Waals surface area contributed by atoms with Gasteiger partial charge in [0, 0.05) is 10.8 Å². The number of aromatic nitrogens is 1. The number of rotatable bonds is 2. The van der Waals surface area contributed by atoms with Gasteiger partial charge in [0.25, 0.3) is 0 Å². The fourth-order valence-corrected chi connectivity index (χ4v) is 1.90. The minimum Gasteiger partial charge on any atom is -0.494 e. The molecule has 94 valence electrons. The summed E-state index contributed by atoms with van der Waals surface area (Å²) >= 11 is 5.92. The third kappa shape index (κ3) is 1.97. The van der Waals surface area contributed by atoms with Crippen LogP contribution in [-0.2, 0) is 4.74 Å². The van der Waals surface area contributed by atoms with E-state index in [0.29, 0.717) is 10.8 Å². The summed E-state index contributed by atoms with van der Waals surface area (Å²) in [7, 11) is 2.62. The van der Waals surface area contributed by atoms with Crippen molar-refractivity contribution in [1.82, 2.24) is 4.98 Å². The second-order valence-corrected chi connectivity index (χ2v) is 3.82. The molecule has 0 bridgehead atoms. The van der Waals surface area contributed by atoms with Crippen LogP contribution in [0.4, 0.5) is 4.39 Å². The molecule has 0 fully saturated rings. The molecule has 2 rings (SSSR count). The molecule has 1 heterocycles. The molecule has 0 spiro atoms. The number of benzene rings is 1. The van der Waals surface area contributed by atoms with Crippen LogP contribution in [0.3, 0.4) is 0 Å². The van der Waals surface area contributed by atoms with Crippen LogP contribution in [0.2, 0.25) is 5.15 Å². The minimum atomic E-state index is -0.667. The number of esters is 1. The van der Waals surface area contributed by atoms with E-state index in [1.165, 1.54) is 32.4 Å². The van der Waals surface area contributed by atoms with Gasteiger partial charge in [0.2, 0.25) is 0 Å². The van der Waals surface area contributed by atoms with Gasteiger partial charge in [-0.15, -0.1) is 0 Å². The molecule has 4 nitrogen and oxygen atoms in total. The summed E-state index contributed by atoms with van der Waals surface area (Å²) in [6, 6.07) is 3.96. The lowest BCUT2D eigenvalue weighted by Gasteiger charge is -2.10. The number of methoxy groups -OCH3 is 2. The van der Waals surface area contributed by atoms with Crippen molar-refractivity contribution >= 4 is 28.3 Å². The Morgan fingerprint density at radius 2 is 2.06 bits per heavy atom. The Morgan fingerprint density at radius 3 is 2.67 bits per heavy atom. The van der Waals surface area contributed by atoms with Crippen LogP contribution in [0.1, 0.15) is 10.5 Å². The molecule has 0 aliphatic carbocycles. The third-order valence-electron chi connectivity index (χ3n) is 2.46. The largest absolute Gasteiger partial charge is 0.494 e. The summed E-state index contributed by atoms with van der Waals surface area (Å²) in [5.41, 5.74) is -0.0379. The maximum absolute atomic E-state index is 13.2. The molecule has 1 aromatic heterocycles. The number of hydrogen-bond acceptors (Lipinski definition) is 4. The minimum absolute atomic E-state index is 0.0192. The second kappa shape index (κ2) is 4.78. The van der Waals surface area contributed by atoms with Gasteiger partial charge < -0.3 is 9.47 Å². The number of nitrogens with zero attached hydrogens (tertiary/aromatic N) is 1. The molecule has 0 saturated heterocycles. The van der Waals surface area contributed by atoms with Crippen LogP contribution in [-0.4, -0.2) is 25.2 Å². The van der Waals surface area contributed by atoms with Crippen LogP contribution in [0.25, 0.3) is 10.8 Å². The summed E-state index contributed by atoms with van der Waals surface area (Å²) in [5, 5.41) is 0.895. The van der Waals surface area contributed by atoms with E-state index in [-0.39, 0.29) is 16.6 Å². The Morgan fingerprint density at radius 1 is 1.33 bits per heavy atom. The molecule has 1 aromatic carbocycles. The maximum atomic E-state index is 13.2. The number of hydrogen-bond donors (Lipinski definition) is 0. The lowest BCUT2D eigenvalue weighted by molar-refractivity contribution is 0.0590. The molecule has 2 aromatic rings. The summed E-state index contributed by atoms with van der Waals surface area (Å²) in [6.07, 6.45) is 0. The van der Waals surface area contributed by atoms with Gasteiger partial charge in [0.1, 0.15) is 11.0 Å². The topological polar surface area (TPSA) is 48.4 Å². The fraction of sp³-hybridized carbons (Fsp3) is 0.167. The van der Waals surface area contributed by atoms with E-state index in [0.717, 1.165) is 0 Å². The predicted molar refractivity (Wildman–Crippen MR) is 64.6 cm³/mol. The molecule has 0 atom stereocenters. The van der Waals surface area contributed by atoms with Crippen LogP contribution < -0.4 is 4.74 Å². The second-order valence-electron chi connectivity index (χ2n) is 3.47. The average Bonchev–Trinajstić information content (AvgIpc) is 2.38. The Bertz CT molecular complexity index is 630. The molecular weight excluding hydrogens is 261 g/mol. The number of carbonyl (C=O) groups excluding carboxylic acids is 1. The summed E-state index contributed by atoms with van der Waals surface area (Å²) in [6.45, 7) is 0. The third-order valence-corrected chi connectivity index (χ3v) is 2.74. The number of ether oxygens (including phenoxy) is 2. The van der Waals surface area contributed by atoms with Gasteiger partial charge in [0.05, 0.1) is 14.2 Å². The normalized spacial score (nSPS) is 10.4. The average molecular weight is 270 g/mol. The number of carbonyl (C=O) groups is 1. The zero-order valence-electron chi connectivity index (χ0n) is 9.66. The van der Waals surface area contributed by atoms with Gasteiger partial charge in [-0.3, -0.25) is 0 Å². The molecule has 0 aliphatic heterocycles. The van der Waals surface area contributed by atoms with Crippen molar-refractivity contribution in [1.29, 1.82) is 0 Å². The van der Waals surface area contributed by atoms with E-state index in [9.17, 15) is 9.18 Å². The number of pyridine rings is 1. The first-order chi connectivity index (χ1) is 8.58. The van der Waals surface area contributed by atoms with E-state index in [2.05, 4.69) is 9.72 Å². The Labute approximate surface area is 107 Å². The molecule has 0 unspecified atom stereocenters. The van der Waals surface area contributed by atoms with Crippen molar-refractivity contribution in [2.75, 3.05) is 14.2 Å². The smallest absolute Gasteiger partial charge is 0.360 e. The molecule has 0 radical (unpaired) electrons. The van der Waals surface area contributed by atoms with Crippen molar-refractivity contribution in [2.24, 2.45) is 0 Å². The zero-order chi connectivity index (χ0) is 13.3. The van der Waals surface area contributed by atoms with Crippen molar-refractivity contribution in [3.63, 3.8) is 0 Å². The van der Waals surface area contributed by atoms with Gasteiger partial charge >= 0.3 is 5.97 Å². The van der Waals surface area contributed by atoms with E-state index in [1.807, 2.05) is 0 Å². The van der Waals surface area contributed by atoms with Crippen molar-refractivity contribution in [3.8, 4) is 5.75 Å². The first-order valence-electron chi connectivity index (χ1n) is 4.99. The lowest BCUT2D eigenvalue weighted by atomic mass is 10.1. The maximum Gasteiger partial charge on any atom is 0.360 e. The summed E-state index contributed by atoms with van der Waals surface area (Å²) in [4.78, 5) is 15.4. The first kappa shape index (κ1) is 12.6. The molecule has 0 N–H and O–H groups in total. The highest BCUT2D eigenvalue weighted by molar-refractivity contribution is 6.34. The highest BCUT2D eigenvalue weighted by Gasteiger charge is 2.20. The van der Waals surface area contributed by atoms with Gasteiger partial charge in [-0.2, -0.15) is 0 Å². The zero-order valence-corrected chi connectivity index (χ0v) is 10.4. The number of halogens is 2. The van der Waals surface area contributed by atoms with E-state index in [1.54, 1.807) is 0 Å². The van der Waals surface area contributed by atoms with Gasteiger partial charge in [-0.05, 0) is 18.2 Å². The summed E-state index contributed by atoms with van der Waals surface area (Å²) in [5.74, 6) is -0.903. The highest BCUT2D eigenvalue weighted by Crippen LogP contribution is 2.33. The van der Waals surface area contributed by atoms with Crippen molar-refractivity contribution in [2.45, 2.75) is 0 Å². The predicted octanol–water partition coefficient (Wildman–Crippen LogP) is 2.82. The first-order valence-corrected chi connectivity index (χ1v) is 5.37. The van der Waals surface area contributed by atoms with Gasteiger partial charge in [-0.1, -0.05) is 11.6 Å². The SMILES string of the molecule is COC(=O)c1nc(Cl)c2cc(F)ccc2c1OC. The highest BCUT2D eigenvalue weighted by atomic mass is 35.5. The fourth-order valence-electron chi connectivity index (χ4n) is 1.66. The molecule has 18 heavy (non-hydrogen) atoms. The molecule has 0 amide bonds.